The fourth-order valence-electron chi connectivity index (χ4n) is 8.36. The third-order valence-electron chi connectivity index (χ3n) is 10.6. The van der Waals surface area contributed by atoms with Crippen LogP contribution in [-0.4, -0.2) is 11.2 Å². The molecule has 0 unspecified atom stereocenters. The summed E-state index contributed by atoms with van der Waals surface area (Å²) in [4.78, 5) is 0. The zero-order valence-electron chi connectivity index (χ0n) is 20.1. The van der Waals surface area contributed by atoms with Crippen LogP contribution in [0.25, 0.3) is 0 Å². The van der Waals surface area contributed by atoms with Crippen molar-refractivity contribution in [1.82, 2.24) is 0 Å². The lowest BCUT2D eigenvalue weighted by atomic mass is 9.47. The van der Waals surface area contributed by atoms with Crippen molar-refractivity contribution >= 4 is 0 Å². The maximum absolute atomic E-state index is 10.2. The molecule has 8 atom stereocenters. The maximum Gasteiger partial charge on any atom is 0.0543 e. The van der Waals surface area contributed by atoms with Crippen molar-refractivity contribution in [2.45, 2.75) is 112 Å². The standard InChI is InChI=1S/C28H46O/c1-18(2)19(3)7-8-20(4)24-11-12-25-23-10-9-21-17-22(29)13-15-27(21,5)26(23)14-16-28(24,25)6/h10,20-22,24-26,29H,7-9,11-17H2,1-6H3/t20-,21+,22+,24-,25+,26+,27+,28-/m1/s1. The highest BCUT2D eigenvalue weighted by atomic mass is 16.3. The molecule has 4 aliphatic carbocycles. The van der Waals surface area contributed by atoms with Gasteiger partial charge in [-0.2, -0.15) is 0 Å². The van der Waals surface area contributed by atoms with Gasteiger partial charge in [-0.05, 0) is 125 Å². The minimum absolute atomic E-state index is 0.0437. The molecule has 1 nitrogen and oxygen atoms in total. The Bertz CT molecular complexity index is 682. The van der Waals surface area contributed by atoms with Gasteiger partial charge < -0.3 is 5.11 Å². The lowest BCUT2D eigenvalue weighted by molar-refractivity contribution is -0.0427. The predicted octanol–water partition coefficient (Wildman–Crippen LogP) is 7.70. The fourth-order valence-corrected chi connectivity index (χ4v) is 8.36. The fraction of sp³-hybridized carbons (Fsp3) is 0.857. The van der Waals surface area contributed by atoms with Crippen molar-refractivity contribution in [2.75, 3.05) is 0 Å². The van der Waals surface area contributed by atoms with Crippen LogP contribution < -0.4 is 0 Å². The van der Waals surface area contributed by atoms with Crippen molar-refractivity contribution in [3.05, 3.63) is 22.8 Å². The molecular formula is C28H46O. The van der Waals surface area contributed by atoms with E-state index >= 15 is 0 Å². The molecule has 1 heteroatoms. The monoisotopic (exact) mass is 398 g/mol. The summed E-state index contributed by atoms with van der Waals surface area (Å²) in [6, 6.07) is 0. The van der Waals surface area contributed by atoms with Crippen LogP contribution in [0.15, 0.2) is 22.8 Å². The van der Waals surface area contributed by atoms with Crippen molar-refractivity contribution in [1.29, 1.82) is 0 Å². The summed E-state index contributed by atoms with van der Waals surface area (Å²) in [5.41, 5.74) is 5.96. The van der Waals surface area contributed by atoms with E-state index < -0.39 is 0 Å². The van der Waals surface area contributed by atoms with E-state index in [1.807, 2.05) is 5.57 Å². The minimum Gasteiger partial charge on any atom is -0.393 e. The lowest BCUT2D eigenvalue weighted by Crippen LogP contribution is -2.49. The first-order valence-corrected chi connectivity index (χ1v) is 12.7. The van der Waals surface area contributed by atoms with E-state index in [4.69, 9.17) is 0 Å². The van der Waals surface area contributed by atoms with Crippen LogP contribution in [-0.2, 0) is 0 Å². The summed E-state index contributed by atoms with van der Waals surface area (Å²) < 4.78 is 0. The number of rotatable bonds is 4. The largest absolute Gasteiger partial charge is 0.393 e. The zero-order chi connectivity index (χ0) is 21.0. The summed E-state index contributed by atoms with van der Waals surface area (Å²) in [7, 11) is 0. The molecule has 3 fully saturated rings. The van der Waals surface area contributed by atoms with E-state index in [1.54, 1.807) is 5.57 Å². The first-order valence-electron chi connectivity index (χ1n) is 12.7. The van der Waals surface area contributed by atoms with Gasteiger partial charge in [0.15, 0.2) is 0 Å². The molecule has 0 heterocycles. The summed E-state index contributed by atoms with van der Waals surface area (Å²) in [6.07, 6.45) is 15.5. The second-order valence-corrected chi connectivity index (χ2v) is 12.2. The normalized spacial score (nSPS) is 44.9. The Morgan fingerprint density at radius 1 is 1.03 bits per heavy atom. The van der Waals surface area contributed by atoms with E-state index in [2.05, 4.69) is 47.6 Å². The number of hydrogen-bond acceptors (Lipinski definition) is 1. The van der Waals surface area contributed by atoms with Crippen molar-refractivity contribution < 1.29 is 5.11 Å². The molecule has 3 saturated carbocycles. The molecular weight excluding hydrogens is 352 g/mol. The second kappa shape index (κ2) is 7.85. The maximum atomic E-state index is 10.2. The van der Waals surface area contributed by atoms with Crippen molar-refractivity contribution in [3.8, 4) is 0 Å². The summed E-state index contributed by atoms with van der Waals surface area (Å²) >= 11 is 0. The van der Waals surface area contributed by atoms with E-state index in [0.717, 1.165) is 36.5 Å². The first-order chi connectivity index (χ1) is 13.7. The molecule has 164 valence electrons. The van der Waals surface area contributed by atoms with E-state index in [1.165, 1.54) is 56.9 Å². The predicted molar refractivity (Wildman–Crippen MR) is 124 cm³/mol. The second-order valence-electron chi connectivity index (χ2n) is 12.2. The van der Waals surface area contributed by atoms with Crippen LogP contribution in [0, 0.1) is 40.4 Å². The molecule has 29 heavy (non-hydrogen) atoms. The Morgan fingerprint density at radius 2 is 1.72 bits per heavy atom. The van der Waals surface area contributed by atoms with Gasteiger partial charge in [-0.15, -0.1) is 0 Å². The quantitative estimate of drug-likeness (QED) is 0.481. The Kier molecular flexibility index (Phi) is 5.86. The number of aliphatic hydroxyl groups excluding tert-OH is 1. The zero-order valence-corrected chi connectivity index (χ0v) is 20.1. The van der Waals surface area contributed by atoms with Gasteiger partial charge in [-0.1, -0.05) is 43.6 Å². The molecule has 0 aromatic heterocycles. The number of hydrogen-bond donors (Lipinski definition) is 1. The molecule has 0 bridgehead atoms. The van der Waals surface area contributed by atoms with E-state index in [-0.39, 0.29) is 6.10 Å². The van der Waals surface area contributed by atoms with Gasteiger partial charge in [-0.3, -0.25) is 0 Å². The van der Waals surface area contributed by atoms with Crippen molar-refractivity contribution in [3.63, 3.8) is 0 Å². The molecule has 1 N–H and O–H groups in total. The summed E-state index contributed by atoms with van der Waals surface area (Å²) in [5.74, 6) is 4.09. The van der Waals surface area contributed by atoms with Gasteiger partial charge in [0.1, 0.15) is 0 Å². The van der Waals surface area contributed by atoms with Crippen LogP contribution in [0.5, 0.6) is 0 Å². The van der Waals surface area contributed by atoms with Crippen LogP contribution in [0.1, 0.15) is 106 Å². The number of allylic oxidation sites excluding steroid dienone is 4. The van der Waals surface area contributed by atoms with Gasteiger partial charge >= 0.3 is 0 Å². The smallest absolute Gasteiger partial charge is 0.0543 e. The topological polar surface area (TPSA) is 20.2 Å². The molecule has 4 aliphatic rings. The van der Waals surface area contributed by atoms with Gasteiger partial charge in [0.25, 0.3) is 0 Å². The molecule has 0 spiro atoms. The molecule has 0 aliphatic heterocycles. The molecule has 4 rings (SSSR count). The van der Waals surface area contributed by atoms with Crippen LogP contribution in [0.2, 0.25) is 0 Å². The number of aliphatic hydroxyl groups is 1. The Balaban J connectivity index is 1.52. The van der Waals surface area contributed by atoms with Gasteiger partial charge in [0, 0.05) is 0 Å². The summed E-state index contributed by atoms with van der Waals surface area (Å²) in [6.45, 7) is 14.7. The third-order valence-corrected chi connectivity index (χ3v) is 10.6. The average molecular weight is 399 g/mol. The van der Waals surface area contributed by atoms with Crippen molar-refractivity contribution in [2.24, 2.45) is 40.4 Å². The lowest BCUT2D eigenvalue weighted by Gasteiger charge is -2.57. The molecule has 0 aromatic rings. The van der Waals surface area contributed by atoms with Gasteiger partial charge in [0.05, 0.1) is 6.10 Å². The molecule has 0 radical (unpaired) electrons. The highest BCUT2D eigenvalue weighted by Crippen LogP contribution is 2.66. The van der Waals surface area contributed by atoms with E-state index in [9.17, 15) is 5.11 Å². The van der Waals surface area contributed by atoms with Gasteiger partial charge in [-0.25, -0.2) is 0 Å². The van der Waals surface area contributed by atoms with Crippen LogP contribution >= 0.6 is 0 Å². The first kappa shape index (κ1) is 21.7. The molecule has 0 amide bonds. The highest BCUT2D eigenvalue weighted by Gasteiger charge is 2.58. The Labute approximate surface area is 180 Å². The number of fused-ring (bicyclic) bond motifs is 5. The Hall–Kier alpha value is -0.560. The Morgan fingerprint density at radius 3 is 2.45 bits per heavy atom. The summed E-state index contributed by atoms with van der Waals surface area (Å²) in [5, 5.41) is 10.2. The molecule has 0 saturated heterocycles. The van der Waals surface area contributed by atoms with Crippen LogP contribution in [0.3, 0.4) is 0 Å². The van der Waals surface area contributed by atoms with Crippen LogP contribution in [0.4, 0.5) is 0 Å². The minimum atomic E-state index is -0.0437. The highest BCUT2D eigenvalue weighted by molar-refractivity contribution is 5.27. The van der Waals surface area contributed by atoms with Gasteiger partial charge in [0.2, 0.25) is 0 Å². The van der Waals surface area contributed by atoms with E-state index in [0.29, 0.717) is 16.7 Å². The average Bonchev–Trinajstić information content (AvgIpc) is 3.03. The SMILES string of the molecule is CC(C)=C(C)CC[C@@H](C)[C@H]1CC[C@H]2C3=CC[C@H]4C[C@@H](O)CC[C@]4(C)[C@H]3CC[C@]12C. The third kappa shape index (κ3) is 3.58. The molecule has 0 aromatic carbocycles.